The molecule has 4 heteroatoms. The number of benzene rings is 1. The van der Waals surface area contributed by atoms with Crippen molar-refractivity contribution in [2.45, 2.75) is 39.7 Å². The van der Waals surface area contributed by atoms with Crippen LogP contribution in [0.1, 0.15) is 33.3 Å². The molecule has 0 aliphatic rings. The molecule has 0 spiro atoms. The molecule has 1 rings (SSSR count). The molecule has 0 atom stereocenters. The monoisotopic (exact) mass is 287 g/mol. The first kappa shape index (κ1) is 15.5. The number of Topliss-reactive ketones (excluding diaryl/α,β-unsaturated/α-hetero) is 1. The number of hydrogen-bond donors (Lipinski definition) is 1. The van der Waals surface area contributed by atoms with Gasteiger partial charge in [-0.1, -0.05) is 43.1 Å². The molecule has 0 aliphatic heterocycles. The van der Waals surface area contributed by atoms with Crippen molar-refractivity contribution >= 4 is 29.0 Å². The van der Waals surface area contributed by atoms with Gasteiger partial charge in [0.15, 0.2) is 0 Å². The van der Waals surface area contributed by atoms with Crippen LogP contribution >= 0.6 is 23.2 Å². The van der Waals surface area contributed by atoms with Gasteiger partial charge in [0.05, 0.1) is 0 Å². The van der Waals surface area contributed by atoms with E-state index in [9.17, 15) is 4.79 Å². The van der Waals surface area contributed by atoms with Gasteiger partial charge in [0.25, 0.3) is 0 Å². The fourth-order valence-corrected chi connectivity index (χ4v) is 1.89. The maximum atomic E-state index is 12.3. The quantitative estimate of drug-likeness (QED) is 0.914. The Balaban J connectivity index is 2.95. The second-order valence-corrected chi connectivity index (χ2v) is 6.53. The minimum absolute atomic E-state index is 0.0687. The van der Waals surface area contributed by atoms with Crippen LogP contribution in [0.3, 0.4) is 0 Å². The Morgan fingerprint density at radius 1 is 1.22 bits per heavy atom. The number of rotatable bonds is 4. The van der Waals surface area contributed by atoms with Crippen molar-refractivity contribution in [3.8, 4) is 0 Å². The Bertz CT molecular complexity index is 461. The maximum Gasteiger partial charge on any atom is 0.144 e. The van der Waals surface area contributed by atoms with Gasteiger partial charge < -0.3 is 5.73 Å². The van der Waals surface area contributed by atoms with E-state index in [-0.39, 0.29) is 12.2 Å². The van der Waals surface area contributed by atoms with Gasteiger partial charge >= 0.3 is 0 Å². The van der Waals surface area contributed by atoms with Gasteiger partial charge in [-0.2, -0.15) is 0 Å². The summed E-state index contributed by atoms with van der Waals surface area (Å²) < 4.78 is 0. The average molecular weight is 288 g/mol. The summed E-state index contributed by atoms with van der Waals surface area (Å²) in [6.45, 7) is 7.43. The number of carbonyl (C=O) groups is 1. The summed E-state index contributed by atoms with van der Waals surface area (Å²) in [4.78, 5) is 12.3. The summed E-state index contributed by atoms with van der Waals surface area (Å²) in [5.74, 6) is 0.0687. The number of hydrogen-bond acceptors (Lipinski definition) is 2. The standard InChI is InChI=1S/C14H19Cl2NO/c1-13(2,14(3,4)17)12(18)7-9-5-6-10(15)8-11(9)16/h5-6,8H,7,17H2,1-4H3. The Kier molecular flexibility index (Phi) is 4.47. The SMILES string of the molecule is CC(C)(N)C(C)(C)C(=O)Cc1ccc(Cl)cc1Cl. The molecule has 2 N–H and O–H groups in total. The third-order valence-electron chi connectivity index (χ3n) is 3.67. The fraction of sp³-hybridized carbons (Fsp3) is 0.500. The fourth-order valence-electron chi connectivity index (χ4n) is 1.42. The Hall–Kier alpha value is -0.570. The molecule has 0 bridgehead atoms. The maximum absolute atomic E-state index is 12.3. The smallest absolute Gasteiger partial charge is 0.144 e. The van der Waals surface area contributed by atoms with Crippen molar-refractivity contribution in [2.75, 3.05) is 0 Å². The predicted octanol–water partition coefficient (Wildman–Crippen LogP) is 3.87. The molecule has 100 valence electrons. The van der Waals surface area contributed by atoms with Crippen LogP contribution < -0.4 is 5.73 Å². The van der Waals surface area contributed by atoms with E-state index in [4.69, 9.17) is 28.9 Å². The molecular weight excluding hydrogens is 269 g/mol. The summed E-state index contributed by atoms with van der Waals surface area (Å²) >= 11 is 11.9. The molecule has 0 saturated heterocycles. The van der Waals surface area contributed by atoms with Crippen molar-refractivity contribution in [3.63, 3.8) is 0 Å². The highest BCUT2D eigenvalue weighted by atomic mass is 35.5. The highest BCUT2D eigenvalue weighted by molar-refractivity contribution is 6.35. The topological polar surface area (TPSA) is 43.1 Å². The molecule has 1 aromatic carbocycles. The Morgan fingerprint density at radius 3 is 2.22 bits per heavy atom. The number of halogens is 2. The molecule has 0 unspecified atom stereocenters. The average Bonchev–Trinajstić information content (AvgIpc) is 2.20. The Morgan fingerprint density at radius 2 is 1.78 bits per heavy atom. The normalized spacial score (nSPS) is 12.6. The second-order valence-electron chi connectivity index (χ2n) is 5.68. The lowest BCUT2D eigenvalue weighted by Crippen LogP contribution is -2.52. The van der Waals surface area contributed by atoms with E-state index in [0.29, 0.717) is 10.0 Å². The van der Waals surface area contributed by atoms with Gasteiger partial charge in [0.2, 0.25) is 0 Å². The Labute approximate surface area is 118 Å². The van der Waals surface area contributed by atoms with Crippen molar-refractivity contribution in [3.05, 3.63) is 33.8 Å². The van der Waals surface area contributed by atoms with Crippen LogP contribution in [0.5, 0.6) is 0 Å². The first-order valence-electron chi connectivity index (χ1n) is 5.82. The van der Waals surface area contributed by atoms with Gasteiger partial charge in [0.1, 0.15) is 5.78 Å². The highest BCUT2D eigenvalue weighted by Gasteiger charge is 2.39. The largest absolute Gasteiger partial charge is 0.325 e. The van der Waals surface area contributed by atoms with E-state index in [1.807, 2.05) is 27.7 Å². The summed E-state index contributed by atoms with van der Waals surface area (Å²) in [6.07, 6.45) is 0.267. The van der Waals surface area contributed by atoms with Crippen LogP contribution in [0.25, 0.3) is 0 Å². The van der Waals surface area contributed by atoms with Crippen LogP contribution in [0.15, 0.2) is 18.2 Å². The van der Waals surface area contributed by atoms with Crippen molar-refractivity contribution in [1.29, 1.82) is 0 Å². The zero-order chi connectivity index (χ0) is 14.1. The molecule has 1 aromatic rings. The van der Waals surface area contributed by atoms with Crippen LogP contribution in [0, 0.1) is 5.41 Å². The zero-order valence-corrected chi connectivity index (χ0v) is 12.7. The molecule has 0 aromatic heterocycles. The summed E-state index contributed by atoms with van der Waals surface area (Å²) in [6, 6.07) is 5.16. The second kappa shape index (κ2) is 5.20. The number of ketones is 1. The number of carbonyl (C=O) groups excluding carboxylic acids is 1. The van der Waals surface area contributed by atoms with Crippen molar-refractivity contribution < 1.29 is 4.79 Å². The van der Waals surface area contributed by atoms with E-state index < -0.39 is 11.0 Å². The molecule has 0 saturated carbocycles. The third-order valence-corrected chi connectivity index (χ3v) is 4.26. The summed E-state index contributed by atoms with van der Waals surface area (Å²) in [7, 11) is 0. The summed E-state index contributed by atoms with van der Waals surface area (Å²) in [5, 5.41) is 1.08. The molecule has 18 heavy (non-hydrogen) atoms. The minimum atomic E-state index is -0.615. The molecule has 0 amide bonds. The lowest BCUT2D eigenvalue weighted by molar-refractivity contribution is -0.129. The van der Waals surface area contributed by atoms with E-state index >= 15 is 0 Å². The van der Waals surface area contributed by atoms with Crippen LogP contribution in [-0.2, 0) is 11.2 Å². The molecule has 2 nitrogen and oxygen atoms in total. The van der Waals surface area contributed by atoms with E-state index in [1.165, 1.54) is 0 Å². The van der Waals surface area contributed by atoms with Gasteiger partial charge in [0, 0.05) is 27.4 Å². The van der Waals surface area contributed by atoms with Gasteiger partial charge in [-0.05, 0) is 31.5 Å². The van der Waals surface area contributed by atoms with Gasteiger partial charge in [-0.3, -0.25) is 4.79 Å². The van der Waals surface area contributed by atoms with Gasteiger partial charge in [-0.25, -0.2) is 0 Å². The van der Waals surface area contributed by atoms with Crippen LogP contribution in [0.4, 0.5) is 0 Å². The number of nitrogens with two attached hydrogens (primary N) is 1. The predicted molar refractivity (Wildman–Crippen MR) is 77.2 cm³/mol. The van der Waals surface area contributed by atoms with Crippen LogP contribution in [0.2, 0.25) is 10.0 Å². The molecule has 0 aliphatic carbocycles. The first-order valence-corrected chi connectivity index (χ1v) is 6.57. The lowest BCUT2D eigenvalue weighted by atomic mass is 9.71. The molecule has 0 fully saturated rings. The van der Waals surface area contributed by atoms with Crippen molar-refractivity contribution in [2.24, 2.45) is 11.1 Å². The minimum Gasteiger partial charge on any atom is -0.325 e. The molecule has 0 heterocycles. The first-order chi connectivity index (χ1) is 8.05. The van der Waals surface area contributed by atoms with Gasteiger partial charge in [-0.15, -0.1) is 0 Å². The molecular formula is C14H19Cl2NO. The lowest BCUT2D eigenvalue weighted by Gasteiger charge is -2.37. The zero-order valence-electron chi connectivity index (χ0n) is 11.2. The van der Waals surface area contributed by atoms with Crippen LogP contribution in [-0.4, -0.2) is 11.3 Å². The summed E-state index contributed by atoms with van der Waals surface area (Å²) in [5.41, 5.74) is 5.64. The third kappa shape index (κ3) is 3.25. The van der Waals surface area contributed by atoms with E-state index in [1.54, 1.807) is 18.2 Å². The van der Waals surface area contributed by atoms with Crippen molar-refractivity contribution in [1.82, 2.24) is 0 Å². The van der Waals surface area contributed by atoms with E-state index in [2.05, 4.69) is 0 Å². The van der Waals surface area contributed by atoms with E-state index in [0.717, 1.165) is 5.56 Å². The highest BCUT2D eigenvalue weighted by Crippen LogP contribution is 2.32. The molecule has 0 radical (unpaired) electrons.